The number of benzene rings is 2. The number of hydrogen-bond acceptors (Lipinski definition) is 8. The van der Waals surface area contributed by atoms with Crippen LogP contribution in [0.1, 0.15) is 29.8 Å². The molecule has 0 aromatic heterocycles. The second-order valence-electron chi connectivity index (χ2n) is 11.2. The maximum absolute atomic E-state index is 13.3. The van der Waals surface area contributed by atoms with Crippen molar-refractivity contribution >= 4 is 41.1 Å². The minimum atomic E-state index is -0.349. The number of methoxy groups -OCH3 is 1. The molecule has 0 aliphatic carbocycles. The van der Waals surface area contributed by atoms with Crippen LogP contribution >= 0.6 is 0 Å². The van der Waals surface area contributed by atoms with Gasteiger partial charge < -0.3 is 25.2 Å². The van der Waals surface area contributed by atoms with Crippen molar-refractivity contribution < 1.29 is 14.3 Å². The third-order valence-corrected chi connectivity index (χ3v) is 7.94. The molecular weight excluding hydrogens is 532 g/mol. The van der Waals surface area contributed by atoms with Crippen molar-refractivity contribution in [1.29, 1.82) is 0 Å². The van der Waals surface area contributed by atoms with Crippen molar-refractivity contribution in [2.75, 3.05) is 63.7 Å². The van der Waals surface area contributed by atoms with Crippen molar-refractivity contribution in [3.8, 4) is 0 Å². The van der Waals surface area contributed by atoms with Crippen molar-refractivity contribution in [3.63, 3.8) is 0 Å². The quantitative estimate of drug-likeness (QED) is 0.446. The average Bonchev–Trinajstić information content (AvgIpc) is 3.32. The first-order chi connectivity index (χ1) is 20.2. The zero-order chi connectivity index (χ0) is 29.8. The van der Waals surface area contributed by atoms with Crippen molar-refractivity contribution in [1.82, 2.24) is 20.7 Å². The highest BCUT2D eigenvalue weighted by molar-refractivity contribution is 6.08. The van der Waals surface area contributed by atoms with Crippen LogP contribution in [0.25, 0.3) is 0 Å². The van der Waals surface area contributed by atoms with E-state index in [9.17, 15) is 9.59 Å². The molecular formula is C31H40N8O3. The minimum Gasteiger partial charge on any atom is -0.383 e. The Morgan fingerprint density at radius 1 is 1.14 bits per heavy atom. The SMILES string of the molecule is COC[C@H](C)NC(=O)C1CN2NC=NC(=Nc3cc(C(=O)Nc4cccc(N5CCN(C)CC5)c4)ccc3C)C2=C1C. The Morgan fingerprint density at radius 3 is 2.69 bits per heavy atom. The third-order valence-electron chi connectivity index (χ3n) is 7.94. The number of aryl methyl sites for hydroxylation is 1. The fourth-order valence-electron chi connectivity index (χ4n) is 5.45. The van der Waals surface area contributed by atoms with E-state index in [1.54, 1.807) is 25.6 Å². The van der Waals surface area contributed by atoms with Crippen molar-refractivity contribution in [2.45, 2.75) is 26.8 Å². The van der Waals surface area contributed by atoms with Gasteiger partial charge in [0.2, 0.25) is 5.91 Å². The van der Waals surface area contributed by atoms with E-state index in [0.717, 1.165) is 54.4 Å². The number of amides is 2. The molecule has 3 aliphatic rings. The summed E-state index contributed by atoms with van der Waals surface area (Å²) < 4.78 is 5.16. The van der Waals surface area contributed by atoms with Crippen LogP contribution in [0.2, 0.25) is 0 Å². The molecule has 11 heteroatoms. The molecule has 11 nitrogen and oxygen atoms in total. The molecule has 3 aliphatic heterocycles. The molecule has 0 bridgehead atoms. The Kier molecular flexibility index (Phi) is 8.89. The number of nitrogens with one attached hydrogen (secondary N) is 3. The molecule has 0 radical (unpaired) electrons. The number of rotatable bonds is 8. The largest absolute Gasteiger partial charge is 0.383 e. The maximum atomic E-state index is 13.3. The second kappa shape index (κ2) is 12.7. The highest BCUT2D eigenvalue weighted by atomic mass is 16.5. The lowest BCUT2D eigenvalue weighted by Crippen LogP contribution is -2.44. The highest BCUT2D eigenvalue weighted by Crippen LogP contribution is 2.32. The Morgan fingerprint density at radius 2 is 1.93 bits per heavy atom. The number of ether oxygens (including phenoxy) is 1. The van der Waals surface area contributed by atoms with E-state index in [0.29, 0.717) is 30.2 Å². The molecule has 2 amide bonds. The number of amidine groups is 1. The Balaban J connectivity index is 1.34. The number of hydrazine groups is 1. The van der Waals surface area contributed by atoms with Crippen LogP contribution in [0.3, 0.4) is 0 Å². The van der Waals surface area contributed by atoms with Crippen molar-refractivity contribution in [2.24, 2.45) is 15.9 Å². The summed E-state index contributed by atoms with van der Waals surface area (Å²) in [5, 5.41) is 7.96. The zero-order valence-corrected chi connectivity index (χ0v) is 25.0. The number of aliphatic imine (C=N–C) groups is 2. The lowest BCUT2D eigenvalue weighted by atomic mass is 10.0. The summed E-state index contributed by atoms with van der Waals surface area (Å²) in [6.45, 7) is 10.7. The van der Waals surface area contributed by atoms with E-state index in [2.05, 4.69) is 44.0 Å². The van der Waals surface area contributed by atoms with Gasteiger partial charge in [-0.15, -0.1) is 0 Å². The van der Waals surface area contributed by atoms with Gasteiger partial charge in [-0.2, -0.15) is 0 Å². The van der Waals surface area contributed by atoms with E-state index < -0.39 is 0 Å². The minimum absolute atomic E-state index is 0.0633. The van der Waals surface area contributed by atoms with Gasteiger partial charge in [0.15, 0.2) is 5.84 Å². The predicted octanol–water partition coefficient (Wildman–Crippen LogP) is 2.93. The van der Waals surface area contributed by atoms with E-state index in [4.69, 9.17) is 9.73 Å². The molecule has 2 atom stereocenters. The molecule has 3 heterocycles. The van der Waals surface area contributed by atoms with E-state index in [-0.39, 0.29) is 23.8 Å². The number of likely N-dealkylation sites (N-methyl/N-ethyl adjacent to an activating group) is 1. The molecule has 2 aromatic rings. The van der Waals surface area contributed by atoms with Gasteiger partial charge in [0.1, 0.15) is 12.0 Å². The molecule has 0 spiro atoms. The summed E-state index contributed by atoms with van der Waals surface area (Å²) in [6.07, 6.45) is 1.57. The molecule has 3 N–H and O–H groups in total. The fraction of sp³-hybridized carbons (Fsp3) is 0.419. The number of carbonyl (C=O) groups excluding carboxylic acids is 2. The number of fused-ring (bicyclic) bond motifs is 1. The number of anilines is 2. The maximum Gasteiger partial charge on any atom is 0.255 e. The van der Waals surface area contributed by atoms with Crippen LogP contribution in [0.15, 0.2) is 63.7 Å². The predicted molar refractivity (Wildman–Crippen MR) is 166 cm³/mol. The highest BCUT2D eigenvalue weighted by Gasteiger charge is 2.37. The van der Waals surface area contributed by atoms with Crippen LogP contribution in [0, 0.1) is 12.8 Å². The summed E-state index contributed by atoms with van der Waals surface area (Å²) in [4.78, 5) is 40.3. The van der Waals surface area contributed by atoms with Crippen LogP contribution in [-0.2, 0) is 9.53 Å². The molecule has 222 valence electrons. The van der Waals surface area contributed by atoms with Gasteiger partial charge in [-0.3, -0.25) is 20.0 Å². The van der Waals surface area contributed by atoms with Gasteiger partial charge in [0.05, 0.1) is 24.8 Å². The van der Waals surface area contributed by atoms with E-state index in [1.807, 2.05) is 50.0 Å². The molecule has 5 rings (SSSR count). The normalized spacial score (nSPS) is 20.4. The number of hydrogen-bond donors (Lipinski definition) is 3. The number of piperazine rings is 1. The third kappa shape index (κ3) is 6.47. The number of carbonyl (C=O) groups is 2. The van der Waals surface area contributed by atoms with Gasteiger partial charge >= 0.3 is 0 Å². The van der Waals surface area contributed by atoms with Crippen LogP contribution in [0.5, 0.6) is 0 Å². The summed E-state index contributed by atoms with van der Waals surface area (Å²) in [5.74, 6) is -0.127. The summed E-state index contributed by atoms with van der Waals surface area (Å²) in [5.41, 5.74) is 8.68. The van der Waals surface area contributed by atoms with Crippen LogP contribution in [0.4, 0.5) is 17.1 Å². The number of nitrogens with zero attached hydrogens (tertiary/aromatic N) is 5. The monoisotopic (exact) mass is 572 g/mol. The fourth-order valence-corrected chi connectivity index (χ4v) is 5.45. The topological polar surface area (TPSA) is 114 Å². The summed E-state index contributed by atoms with van der Waals surface area (Å²) in [7, 11) is 3.75. The standard InChI is InChI=1S/C31H40N8O3/c1-20-9-10-23(30(40)35-24-7-6-8-25(16-24)38-13-11-37(4)12-14-38)15-27(20)36-29-28-22(3)26(17-39(28)33-19-32-29)31(41)34-21(2)18-42-5/h6-10,15-16,19,21,26H,11-14,17-18H2,1-5H3,(H,34,41)(H,35,40)(H,32,33,36)/t21-,26?/m0/s1. The van der Waals surface area contributed by atoms with E-state index >= 15 is 0 Å². The first kappa shape index (κ1) is 29.3. The average molecular weight is 573 g/mol. The van der Waals surface area contributed by atoms with Crippen LogP contribution in [-0.4, -0.2) is 93.4 Å². The Hall–Kier alpha value is -4.22. The first-order valence-electron chi connectivity index (χ1n) is 14.3. The summed E-state index contributed by atoms with van der Waals surface area (Å²) in [6, 6.07) is 13.4. The summed E-state index contributed by atoms with van der Waals surface area (Å²) >= 11 is 0. The van der Waals surface area contributed by atoms with Crippen LogP contribution < -0.4 is 21.0 Å². The lowest BCUT2D eigenvalue weighted by molar-refractivity contribution is -0.124. The van der Waals surface area contributed by atoms with Crippen molar-refractivity contribution in [3.05, 3.63) is 64.9 Å². The Labute approximate surface area is 247 Å². The first-order valence-corrected chi connectivity index (χ1v) is 14.3. The molecule has 1 fully saturated rings. The molecule has 1 unspecified atom stereocenters. The van der Waals surface area contributed by atoms with Gasteiger partial charge in [0.25, 0.3) is 5.91 Å². The van der Waals surface area contributed by atoms with Gasteiger partial charge in [-0.25, -0.2) is 9.98 Å². The lowest BCUT2D eigenvalue weighted by Gasteiger charge is -2.34. The zero-order valence-electron chi connectivity index (χ0n) is 25.0. The smallest absolute Gasteiger partial charge is 0.255 e. The van der Waals surface area contributed by atoms with Gasteiger partial charge in [0, 0.05) is 56.3 Å². The molecule has 42 heavy (non-hydrogen) atoms. The second-order valence-corrected chi connectivity index (χ2v) is 11.2. The molecule has 2 aromatic carbocycles. The molecule has 1 saturated heterocycles. The molecule has 0 saturated carbocycles. The van der Waals surface area contributed by atoms with Gasteiger partial charge in [-0.1, -0.05) is 12.1 Å². The van der Waals surface area contributed by atoms with Gasteiger partial charge in [-0.05, 0) is 69.3 Å². The Bertz CT molecular complexity index is 1430. The van der Waals surface area contributed by atoms with E-state index in [1.165, 1.54) is 0 Å².